The van der Waals surface area contributed by atoms with Crippen LogP contribution in [0.15, 0.2) is 53.4 Å². The van der Waals surface area contributed by atoms with Crippen LogP contribution in [0.1, 0.15) is 28.4 Å². The number of benzene rings is 2. The highest BCUT2D eigenvalue weighted by Crippen LogP contribution is 2.18. The van der Waals surface area contributed by atoms with Crippen molar-refractivity contribution in [2.75, 3.05) is 19.7 Å². The van der Waals surface area contributed by atoms with E-state index in [0.29, 0.717) is 13.1 Å². The first-order valence-electron chi connectivity index (χ1n) is 9.02. The molecule has 7 nitrogen and oxygen atoms in total. The number of carbonyl (C=O) groups excluding carboxylic acids is 2. The Morgan fingerprint density at radius 2 is 1.75 bits per heavy atom. The minimum atomic E-state index is -3.58. The molecule has 0 fully saturated rings. The maximum Gasteiger partial charge on any atom is 0.338 e. The van der Waals surface area contributed by atoms with Crippen molar-refractivity contribution in [1.82, 2.24) is 9.62 Å². The molecule has 0 bridgehead atoms. The first-order valence-corrected chi connectivity index (χ1v) is 10.5. The fourth-order valence-electron chi connectivity index (χ4n) is 3.05. The van der Waals surface area contributed by atoms with Gasteiger partial charge in [0, 0.05) is 19.6 Å². The second kappa shape index (κ2) is 8.53. The van der Waals surface area contributed by atoms with Crippen LogP contribution in [0.3, 0.4) is 0 Å². The molecule has 0 atom stereocenters. The van der Waals surface area contributed by atoms with E-state index < -0.39 is 16.0 Å². The monoisotopic (exact) mass is 402 g/mol. The van der Waals surface area contributed by atoms with Crippen LogP contribution in [0.2, 0.25) is 0 Å². The van der Waals surface area contributed by atoms with Gasteiger partial charge in [-0.3, -0.25) is 4.79 Å². The highest BCUT2D eigenvalue weighted by molar-refractivity contribution is 7.89. The van der Waals surface area contributed by atoms with Crippen molar-refractivity contribution >= 4 is 21.9 Å². The van der Waals surface area contributed by atoms with Gasteiger partial charge in [-0.25, -0.2) is 17.9 Å². The molecule has 0 radical (unpaired) electrons. The molecule has 2 aromatic carbocycles. The van der Waals surface area contributed by atoms with E-state index in [1.807, 2.05) is 18.2 Å². The van der Waals surface area contributed by atoms with Gasteiger partial charge in [0.15, 0.2) is 6.61 Å². The first kappa shape index (κ1) is 20.0. The summed E-state index contributed by atoms with van der Waals surface area (Å²) in [7, 11) is -3.58. The van der Waals surface area contributed by atoms with Crippen molar-refractivity contribution in [2.45, 2.75) is 24.8 Å². The minimum absolute atomic E-state index is 0.0639. The summed E-state index contributed by atoms with van der Waals surface area (Å²) in [5.41, 5.74) is 2.52. The molecule has 1 N–H and O–H groups in total. The average Bonchev–Trinajstić information content (AvgIpc) is 2.71. The summed E-state index contributed by atoms with van der Waals surface area (Å²) in [4.78, 5) is 26.3. The number of rotatable bonds is 6. The molecule has 0 saturated carbocycles. The van der Waals surface area contributed by atoms with E-state index in [0.717, 1.165) is 12.0 Å². The third-order valence-corrected chi connectivity index (χ3v) is 6.11. The molecular formula is C20H22N2O5S. The second-order valence-corrected chi connectivity index (χ2v) is 8.20. The van der Waals surface area contributed by atoms with Crippen LogP contribution in [-0.4, -0.2) is 44.9 Å². The van der Waals surface area contributed by atoms with E-state index in [9.17, 15) is 18.0 Å². The summed E-state index contributed by atoms with van der Waals surface area (Å²) in [5, 5.41) is 0. The van der Waals surface area contributed by atoms with Crippen molar-refractivity contribution < 1.29 is 22.7 Å². The average molecular weight is 402 g/mol. The van der Waals surface area contributed by atoms with E-state index in [1.54, 1.807) is 11.8 Å². The predicted octanol–water partition coefficient (Wildman–Crippen LogP) is 1.73. The van der Waals surface area contributed by atoms with Crippen LogP contribution in [0, 0.1) is 0 Å². The Kier molecular flexibility index (Phi) is 6.11. The molecule has 0 aliphatic carbocycles. The summed E-state index contributed by atoms with van der Waals surface area (Å²) in [6.07, 6.45) is 0.775. The number of nitrogens with one attached hydrogen (secondary N) is 1. The zero-order valence-corrected chi connectivity index (χ0v) is 16.4. The number of carbonyl (C=O) groups is 2. The highest BCUT2D eigenvalue weighted by atomic mass is 32.2. The number of nitrogens with zero attached hydrogens (tertiary/aromatic N) is 1. The number of esters is 1. The van der Waals surface area contributed by atoms with Crippen LogP contribution >= 0.6 is 0 Å². The van der Waals surface area contributed by atoms with E-state index in [1.165, 1.54) is 29.8 Å². The van der Waals surface area contributed by atoms with E-state index in [2.05, 4.69) is 10.8 Å². The fourth-order valence-corrected chi connectivity index (χ4v) is 4.10. The van der Waals surface area contributed by atoms with Crippen LogP contribution in [0.25, 0.3) is 0 Å². The zero-order chi connectivity index (χ0) is 20.1. The summed E-state index contributed by atoms with van der Waals surface area (Å²) >= 11 is 0. The highest BCUT2D eigenvalue weighted by Gasteiger charge is 2.22. The molecule has 0 spiro atoms. The molecule has 0 saturated heterocycles. The van der Waals surface area contributed by atoms with Gasteiger partial charge in [-0.15, -0.1) is 0 Å². The largest absolute Gasteiger partial charge is 0.452 e. The minimum Gasteiger partial charge on any atom is -0.452 e. The number of amides is 1. The number of hydrogen-bond donors (Lipinski definition) is 1. The SMILES string of the molecule is CCNS(=O)(=O)c1ccc(C(=O)OCC(=O)N2CCc3ccccc3C2)cc1. The van der Waals surface area contributed by atoms with Crippen molar-refractivity contribution in [3.8, 4) is 0 Å². The topological polar surface area (TPSA) is 92.8 Å². The molecule has 1 aliphatic heterocycles. The second-order valence-electron chi connectivity index (χ2n) is 6.44. The van der Waals surface area contributed by atoms with Crippen LogP contribution in [0.5, 0.6) is 0 Å². The van der Waals surface area contributed by atoms with E-state index in [4.69, 9.17) is 4.74 Å². The predicted molar refractivity (Wildman–Crippen MR) is 103 cm³/mol. The lowest BCUT2D eigenvalue weighted by Gasteiger charge is -2.28. The van der Waals surface area contributed by atoms with Crippen LogP contribution in [-0.2, 0) is 32.5 Å². The maximum atomic E-state index is 12.4. The van der Waals surface area contributed by atoms with Gasteiger partial charge in [-0.05, 0) is 41.8 Å². The van der Waals surface area contributed by atoms with Gasteiger partial charge in [-0.1, -0.05) is 31.2 Å². The summed E-state index contributed by atoms with van der Waals surface area (Å²) in [6.45, 7) is 2.70. The third-order valence-electron chi connectivity index (χ3n) is 4.54. The number of hydrogen-bond acceptors (Lipinski definition) is 5. The van der Waals surface area contributed by atoms with E-state index in [-0.39, 0.29) is 29.5 Å². The van der Waals surface area contributed by atoms with E-state index >= 15 is 0 Å². The molecule has 1 aliphatic rings. The van der Waals surface area contributed by atoms with Crippen molar-refractivity contribution in [3.63, 3.8) is 0 Å². The smallest absolute Gasteiger partial charge is 0.338 e. The van der Waals surface area contributed by atoms with Gasteiger partial charge in [0.2, 0.25) is 10.0 Å². The maximum absolute atomic E-state index is 12.4. The molecule has 3 rings (SSSR count). The normalized spacial score (nSPS) is 13.7. The Bertz CT molecular complexity index is 970. The molecule has 1 heterocycles. The number of ether oxygens (including phenoxy) is 1. The Morgan fingerprint density at radius 1 is 1.07 bits per heavy atom. The summed E-state index contributed by atoms with van der Waals surface area (Å²) < 4.78 is 31.3. The molecular weight excluding hydrogens is 380 g/mol. The molecule has 0 aromatic heterocycles. The van der Waals surface area contributed by atoms with Crippen molar-refractivity contribution in [1.29, 1.82) is 0 Å². The number of fused-ring (bicyclic) bond motifs is 1. The quantitative estimate of drug-likeness (QED) is 0.743. The van der Waals surface area contributed by atoms with Gasteiger partial charge in [0.25, 0.3) is 5.91 Å². The molecule has 0 unspecified atom stereocenters. The van der Waals surface area contributed by atoms with Crippen LogP contribution in [0.4, 0.5) is 0 Å². The molecule has 28 heavy (non-hydrogen) atoms. The van der Waals surface area contributed by atoms with Gasteiger partial charge >= 0.3 is 5.97 Å². The Morgan fingerprint density at radius 3 is 2.43 bits per heavy atom. The van der Waals surface area contributed by atoms with Gasteiger partial charge in [0.1, 0.15) is 0 Å². The summed E-state index contributed by atoms with van der Waals surface area (Å²) in [6, 6.07) is 13.4. The Hall–Kier alpha value is -2.71. The van der Waals surface area contributed by atoms with Gasteiger partial charge in [0.05, 0.1) is 10.5 Å². The molecule has 148 valence electrons. The molecule has 2 aromatic rings. The lowest BCUT2D eigenvalue weighted by molar-refractivity contribution is -0.135. The Labute approximate surface area is 164 Å². The lowest BCUT2D eigenvalue weighted by Crippen LogP contribution is -2.38. The van der Waals surface area contributed by atoms with Gasteiger partial charge < -0.3 is 9.64 Å². The van der Waals surface area contributed by atoms with Crippen LogP contribution < -0.4 is 4.72 Å². The molecule has 8 heteroatoms. The Balaban J connectivity index is 1.56. The third kappa shape index (κ3) is 4.58. The summed E-state index contributed by atoms with van der Waals surface area (Å²) in [5.74, 6) is -0.924. The van der Waals surface area contributed by atoms with Crippen molar-refractivity contribution in [2.24, 2.45) is 0 Å². The number of sulfonamides is 1. The standard InChI is InChI=1S/C20H22N2O5S/c1-2-21-28(25,26)18-9-7-16(8-10-18)20(24)27-14-19(23)22-12-11-15-5-3-4-6-17(15)13-22/h3-10,21H,2,11-14H2,1H3. The molecule has 1 amide bonds. The first-order chi connectivity index (χ1) is 13.4. The fraction of sp³-hybridized carbons (Fsp3) is 0.300. The van der Waals surface area contributed by atoms with Crippen molar-refractivity contribution in [3.05, 3.63) is 65.2 Å². The van der Waals surface area contributed by atoms with Gasteiger partial charge in [-0.2, -0.15) is 0 Å². The zero-order valence-electron chi connectivity index (χ0n) is 15.6. The lowest BCUT2D eigenvalue weighted by atomic mass is 10.00.